The predicted molar refractivity (Wildman–Crippen MR) is 49.6 cm³/mol. The molecule has 1 heteroatoms. The van der Waals surface area contributed by atoms with Crippen molar-refractivity contribution in [1.29, 1.82) is 0 Å². The molecule has 0 aromatic heterocycles. The van der Waals surface area contributed by atoms with Crippen LogP contribution in [0.4, 0.5) is 0 Å². The van der Waals surface area contributed by atoms with Crippen LogP contribution in [-0.4, -0.2) is 11.2 Å². The molecule has 0 spiro atoms. The summed E-state index contributed by atoms with van der Waals surface area (Å²) in [7, 11) is 0. The van der Waals surface area contributed by atoms with Crippen LogP contribution in [0.25, 0.3) is 0 Å². The Balaban J connectivity index is 3.50. The summed E-state index contributed by atoms with van der Waals surface area (Å²) in [5.74, 6) is 0.755. The zero-order chi connectivity index (χ0) is 8.69. The van der Waals surface area contributed by atoms with Gasteiger partial charge in [-0.25, -0.2) is 0 Å². The van der Waals surface area contributed by atoms with E-state index < -0.39 is 0 Å². The van der Waals surface area contributed by atoms with Crippen molar-refractivity contribution in [2.45, 2.75) is 59.0 Å². The van der Waals surface area contributed by atoms with E-state index in [0.717, 1.165) is 12.3 Å². The molecule has 0 aliphatic rings. The molecule has 1 N–H and O–H groups in total. The van der Waals surface area contributed by atoms with Crippen molar-refractivity contribution in [2.75, 3.05) is 0 Å². The lowest BCUT2D eigenvalue weighted by molar-refractivity contribution is 0.154. The van der Waals surface area contributed by atoms with Crippen molar-refractivity contribution in [3.8, 4) is 0 Å². The van der Waals surface area contributed by atoms with E-state index in [0.29, 0.717) is 0 Å². The Kier molecular flexibility index (Phi) is 6.63. The maximum Gasteiger partial charge on any atom is 0.0514 e. The summed E-state index contributed by atoms with van der Waals surface area (Å²) >= 11 is 0. The van der Waals surface area contributed by atoms with Crippen molar-refractivity contribution < 1.29 is 5.11 Å². The highest BCUT2D eigenvalue weighted by Crippen LogP contribution is 2.18. The lowest BCUT2D eigenvalue weighted by atomic mass is 9.93. The Morgan fingerprint density at radius 2 is 1.55 bits per heavy atom. The van der Waals surface area contributed by atoms with Gasteiger partial charge in [0.2, 0.25) is 0 Å². The minimum atomic E-state index is -0.113. The number of aliphatic hydroxyl groups is 1. The lowest BCUT2D eigenvalue weighted by Gasteiger charge is -2.16. The van der Waals surface area contributed by atoms with Crippen LogP contribution in [0.3, 0.4) is 0 Å². The van der Waals surface area contributed by atoms with Gasteiger partial charge in [-0.2, -0.15) is 0 Å². The fourth-order valence-electron chi connectivity index (χ4n) is 1.68. The monoisotopic (exact) mass is 158 g/mol. The standard InChI is InChI=1S/C10H22O/c1-4-6-10(7-5-2)8-9(3)11/h9-11H,4-8H2,1-3H3. The minimum absolute atomic E-state index is 0.113. The third kappa shape index (κ3) is 6.36. The van der Waals surface area contributed by atoms with Gasteiger partial charge in [0.05, 0.1) is 6.10 Å². The van der Waals surface area contributed by atoms with E-state index in [9.17, 15) is 5.11 Å². The first-order valence-electron chi connectivity index (χ1n) is 4.88. The molecule has 0 amide bonds. The normalized spacial score (nSPS) is 13.9. The van der Waals surface area contributed by atoms with Gasteiger partial charge in [0, 0.05) is 0 Å². The first-order chi connectivity index (χ1) is 5.20. The maximum absolute atomic E-state index is 9.18. The van der Waals surface area contributed by atoms with Crippen molar-refractivity contribution in [3.05, 3.63) is 0 Å². The summed E-state index contributed by atoms with van der Waals surface area (Å²) in [5, 5.41) is 9.18. The highest BCUT2D eigenvalue weighted by molar-refractivity contribution is 4.61. The third-order valence-corrected chi connectivity index (χ3v) is 2.07. The van der Waals surface area contributed by atoms with Gasteiger partial charge in [0.25, 0.3) is 0 Å². The number of hydrogen-bond acceptors (Lipinski definition) is 1. The second-order valence-electron chi connectivity index (χ2n) is 3.53. The molecule has 11 heavy (non-hydrogen) atoms. The highest BCUT2D eigenvalue weighted by atomic mass is 16.3. The van der Waals surface area contributed by atoms with E-state index in [4.69, 9.17) is 0 Å². The van der Waals surface area contributed by atoms with Gasteiger partial charge < -0.3 is 5.11 Å². The van der Waals surface area contributed by atoms with Crippen LogP contribution < -0.4 is 0 Å². The molecule has 0 aliphatic heterocycles. The number of hydrogen-bond donors (Lipinski definition) is 1. The fourth-order valence-corrected chi connectivity index (χ4v) is 1.68. The molecule has 0 rings (SSSR count). The van der Waals surface area contributed by atoms with Gasteiger partial charge >= 0.3 is 0 Å². The number of rotatable bonds is 6. The second-order valence-corrected chi connectivity index (χ2v) is 3.53. The molecule has 0 aliphatic carbocycles. The van der Waals surface area contributed by atoms with Crippen molar-refractivity contribution >= 4 is 0 Å². The average molecular weight is 158 g/mol. The van der Waals surface area contributed by atoms with Crippen LogP contribution in [0.15, 0.2) is 0 Å². The first-order valence-corrected chi connectivity index (χ1v) is 4.88. The van der Waals surface area contributed by atoms with Crippen LogP contribution >= 0.6 is 0 Å². The molecule has 0 heterocycles. The van der Waals surface area contributed by atoms with E-state index in [1.807, 2.05) is 6.92 Å². The Labute approximate surface area is 70.8 Å². The predicted octanol–water partition coefficient (Wildman–Crippen LogP) is 2.97. The SMILES string of the molecule is CCCC(CCC)CC(C)O. The van der Waals surface area contributed by atoms with Crippen LogP contribution in [0.5, 0.6) is 0 Å². The second kappa shape index (κ2) is 6.66. The molecule has 0 saturated heterocycles. The van der Waals surface area contributed by atoms with Crippen LogP contribution in [0, 0.1) is 5.92 Å². The molecule has 0 saturated carbocycles. The summed E-state index contributed by atoms with van der Waals surface area (Å²) in [5.41, 5.74) is 0. The van der Waals surface area contributed by atoms with Gasteiger partial charge in [0.1, 0.15) is 0 Å². The molecule has 1 nitrogen and oxygen atoms in total. The third-order valence-electron chi connectivity index (χ3n) is 2.07. The summed E-state index contributed by atoms with van der Waals surface area (Å²) in [6, 6.07) is 0. The van der Waals surface area contributed by atoms with E-state index in [-0.39, 0.29) is 6.10 Å². The van der Waals surface area contributed by atoms with Gasteiger partial charge in [-0.15, -0.1) is 0 Å². The lowest BCUT2D eigenvalue weighted by Crippen LogP contribution is -2.09. The molecule has 0 bridgehead atoms. The Morgan fingerprint density at radius 3 is 1.82 bits per heavy atom. The Morgan fingerprint density at radius 1 is 1.09 bits per heavy atom. The van der Waals surface area contributed by atoms with Gasteiger partial charge in [-0.3, -0.25) is 0 Å². The van der Waals surface area contributed by atoms with Gasteiger partial charge in [-0.1, -0.05) is 39.5 Å². The maximum atomic E-state index is 9.18. The van der Waals surface area contributed by atoms with E-state index in [1.165, 1.54) is 25.7 Å². The van der Waals surface area contributed by atoms with Gasteiger partial charge in [-0.05, 0) is 19.3 Å². The van der Waals surface area contributed by atoms with E-state index in [2.05, 4.69) is 13.8 Å². The zero-order valence-corrected chi connectivity index (χ0v) is 8.14. The minimum Gasteiger partial charge on any atom is -0.393 e. The quantitative estimate of drug-likeness (QED) is 0.630. The molecular weight excluding hydrogens is 136 g/mol. The molecule has 0 radical (unpaired) electrons. The van der Waals surface area contributed by atoms with Crippen LogP contribution in [-0.2, 0) is 0 Å². The van der Waals surface area contributed by atoms with Crippen molar-refractivity contribution in [2.24, 2.45) is 5.92 Å². The Bertz CT molecular complexity index is 72.9. The molecule has 1 atom stereocenters. The fraction of sp³-hybridized carbons (Fsp3) is 1.00. The highest BCUT2D eigenvalue weighted by Gasteiger charge is 2.08. The first kappa shape index (κ1) is 11.0. The van der Waals surface area contributed by atoms with E-state index in [1.54, 1.807) is 0 Å². The van der Waals surface area contributed by atoms with Crippen LogP contribution in [0.2, 0.25) is 0 Å². The van der Waals surface area contributed by atoms with Crippen LogP contribution in [0.1, 0.15) is 52.9 Å². The molecule has 68 valence electrons. The zero-order valence-electron chi connectivity index (χ0n) is 8.14. The summed E-state index contributed by atoms with van der Waals surface area (Å²) in [6.07, 6.45) is 5.92. The largest absolute Gasteiger partial charge is 0.393 e. The van der Waals surface area contributed by atoms with Gasteiger partial charge in [0.15, 0.2) is 0 Å². The molecule has 0 fully saturated rings. The smallest absolute Gasteiger partial charge is 0.0514 e. The average Bonchev–Trinajstić information content (AvgIpc) is 1.87. The summed E-state index contributed by atoms with van der Waals surface area (Å²) < 4.78 is 0. The number of aliphatic hydroxyl groups excluding tert-OH is 1. The molecule has 0 aromatic carbocycles. The molecule has 1 unspecified atom stereocenters. The Hall–Kier alpha value is -0.0400. The summed E-state index contributed by atoms with van der Waals surface area (Å²) in [6.45, 7) is 6.31. The molecule has 0 aromatic rings. The topological polar surface area (TPSA) is 20.2 Å². The molecular formula is C10H22O. The van der Waals surface area contributed by atoms with Crippen molar-refractivity contribution in [1.82, 2.24) is 0 Å². The van der Waals surface area contributed by atoms with Crippen molar-refractivity contribution in [3.63, 3.8) is 0 Å². The summed E-state index contributed by atoms with van der Waals surface area (Å²) in [4.78, 5) is 0. The van der Waals surface area contributed by atoms with E-state index >= 15 is 0 Å².